The molecular formula is C10H11BrClNO3. The van der Waals surface area contributed by atoms with Crippen LogP contribution in [-0.4, -0.2) is 24.7 Å². The SMILES string of the molecule is COc1c(Cl)cc(Br)cc1C(CN)C(=O)O. The molecule has 1 atom stereocenters. The van der Waals surface area contributed by atoms with Crippen molar-refractivity contribution in [3.8, 4) is 5.75 Å². The summed E-state index contributed by atoms with van der Waals surface area (Å²) in [5.41, 5.74) is 5.90. The third kappa shape index (κ3) is 2.66. The normalized spacial score (nSPS) is 12.2. The number of halogens is 2. The van der Waals surface area contributed by atoms with Crippen molar-refractivity contribution in [1.82, 2.24) is 0 Å². The van der Waals surface area contributed by atoms with E-state index in [1.807, 2.05) is 0 Å². The van der Waals surface area contributed by atoms with E-state index in [1.165, 1.54) is 7.11 Å². The number of ether oxygens (including phenoxy) is 1. The molecule has 0 aliphatic heterocycles. The Balaban J connectivity index is 3.34. The standard InChI is InChI=1S/C10H11BrClNO3/c1-16-9-6(7(4-13)10(14)15)2-5(11)3-8(9)12/h2-3,7H,4,13H2,1H3,(H,14,15). The molecule has 1 aromatic rings. The smallest absolute Gasteiger partial charge is 0.312 e. The first kappa shape index (κ1) is 13.3. The lowest BCUT2D eigenvalue weighted by atomic mass is 9.98. The van der Waals surface area contributed by atoms with Crippen LogP contribution in [0.4, 0.5) is 0 Å². The van der Waals surface area contributed by atoms with Gasteiger partial charge in [-0.3, -0.25) is 4.79 Å². The minimum absolute atomic E-state index is 0.0154. The average Bonchev–Trinajstić information content (AvgIpc) is 2.17. The molecule has 0 fully saturated rings. The van der Waals surface area contributed by atoms with E-state index >= 15 is 0 Å². The molecule has 3 N–H and O–H groups in total. The Morgan fingerprint density at radius 3 is 2.75 bits per heavy atom. The van der Waals surface area contributed by atoms with Crippen LogP contribution in [0.3, 0.4) is 0 Å². The molecule has 0 saturated heterocycles. The molecule has 1 rings (SSSR count). The zero-order valence-corrected chi connectivity index (χ0v) is 10.9. The van der Waals surface area contributed by atoms with Gasteiger partial charge in [-0.25, -0.2) is 0 Å². The predicted molar refractivity (Wildman–Crippen MR) is 65.1 cm³/mol. The Kier molecular flexibility index (Phi) is 4.58. The van der Waals surface area contributed by atoms with E-state index in [0.29, 0.717) is 20.8 Å². The summed E-state index contributed by atoms with van der Waals surface area (Å²) in [6.45, 7) is -0.0154. The molecule has 6 heteroatoms. The van der Waals surface area contributed by atoms with Crippen LogP contribution in [0.25, 0.3) is 0 Å². The van der Waals surface area contributed by atoms with Crippen molar-refractivity contribution in [2.24, 2.45) is 5.73 Å². The summed E-state index contributed by atoms with van der Waals surface area (Å²) in [7, 11) is 1.44. The maximum Gasteiger partial charge on any atom is 0.312 e. The summed E-state index contributed by atoms with van der Waals surface area (Å²) in [5.74, 6) is -1.48. The number of hydrogen-bond acceptors (Lipinski definition) is 3. The molecule has 0 saturated carbocycles. The van der Waals surface area contributed by atoms with E-state index in [-0.39, 0.29) is 6.54 Å². The first-order chi connectivity index (χ1) is 7.51. The second-order valence-corrected chi connectivity index (χ2v) is 4.46. The topological polar surface area (TPSA) is 72.5 Å². The van der Waals surface area contributed by atoms with Gasteiger partial charge in [0.25, 0.3) is 0 Å². The van der Waals surface area contributed by atoms with Gasteiger partial charge in [0.1, 0.15) is 5.75 Å². The number of methoxy groups -OCH3 is 1. The molecule has 0 aromatic heterocycles. The Morgan fingerprint density at radius 1 is 1.69 bits per heavy atom. The van der Waals surface area contributed by atoms with Crippen LogP contribution in [0, 0.1) is 0 Å². The first-order valence-electron chi connectivity index (χ1n) is 4.47. The molecule has 16 heavy (non-hydrogen) atoms. The first-order valence-corrected chi connectivity index (χ1v) is 5.64. The minimum atomic E-state index is -1.00. The van der Waals surface area contributed by atoms with Crippen molar-refractivity contribution >= 4 is 33.5 Å². The molecule has 88 valence electrons. The van der Waals surface area contributed by atoms with Gasteiger partial charge in [0.15, 0.2) is 0 Å². The molecule has 1 unspecified atom stereocenters. The molecule has 0 heterocycles. The van der Waals surface area contributed by atoms with E-state index < -0.39 is 11.9 Å². The summed E-state index contributed by atoms with van der Waals surface area (Å²) in [4.78, 5) is 11.0. The van der Waals surface area contributed by atoms with Crippen LogP contribution in [0.2, 0.25) is 5.02 Å². The van der Waals surface area contributed by atoms with Crippen LogP contribution in [0.15, 0.2) is 16.6 Å². The summed E-state index contributed by atoms with van der Waals surface area (Å²) in [6, 6.07) is 3.29. The number of nitrogens with two attached hydrogens (primary N) is 1. The Hall–Kier alpha value is -0.780. The fourth-order valence-corrected chi connectivity index (χ4v) is 2.33. The van der Waals surface area contributed by atoms with Crippen LogP contribution in [0.5, 0.6) is 5.75 Å². The molecule has 0 radical (unpaired) electrons. The molecule has 0 amide bonds. The van der Waals surface area contributed by atoms with Gasteiger partial charge in [0.2, 0.25) is 0 Å². The molecule has 4 nitrogen and oxygen atoms in total. The maximum absolute atomic E-state index is 11.0. The van der Waals surface area contributed by atoms with Gasteiger partial charge in [-0.2, -0.15) is 0 Å². The summed E-state index contributed by atoms with van der Waals surface area (Å²) < 4.78 is 5.78. The summed E-state index contributed by atoms with van der Waals surface area (Å²) >= 11 is 9.20. The third-order valence-corrected chi connectivity index (χ3v) is 2.89. The van der Waals surface area contributed by atoms with Crippen LogP contribution >= 0.6 is 27.5 Å². The highest BCUT2D eigenvalue weighted by Crippen LogP contribution is 2.36. The Bertz CT molecular complexity index is 411. The van der Waals surface area contributed by atoms with Gasteiger partial charge in [-0.1, -0.05) is 27.5 Å². The number of aliphatic carboxylic acids is 1. The number of benzene rings is 1. The van der Waals surface area contributed by atoms with E-state index in [0.717, 1.165) is 0 Å². The summed E-state index contributed by atoms with van der Waals surface area (Å²) in [5, 5.41) is 9.39. The van der Waals surface area contributed by atoms with Crippen molar-refractivity contribution in [2.75, 3.05) is 13.7 Å². The largest absolute Gasteiger partial charge is 0.495 e. The van der Waals surface area contributed by atoms with Gasteiger partial charge in [-0.15, -0.1) is 0 Å². The van der Waals surface area contributed by atoms with E-state index in [2.05, 4.69) is 15.9 Å². The van der Waals surface area contributed by atoms with Crippen molar-refractivity contribution in [2.45, 2.75) is 5.92 Å². The van der Waals surface area contributed by atoms with Gasteiger partial charge in [0.05, 0.1) is 18.1 Å². The quantitative estimate of drug-likeness (QED) is 0.895. The van der Waals surface area contributed by atoms with Crippen LogP contribution in [-0.2, 0) is 4.79 Å². The van der Waals surface area contributed by atoms with E-state index in [1.54, 1.807) is 12.1 Å². The fourth-order valence-electron chi connectivity index (χ4n) is 1.42. The van der Waals surface area contributed by atoms with Crippen molar-refractivity contribution < 1.29 is 14.6 Å². The van der Waals surface area contributed by atoms with Gasteiger partial charge in [-0.05, 0) is 12.1 Å². The number of hydrogen-bond donors (Lipinski definition) is 2. The second kappa shape index (κ2) is 5.52. The predicted octanol–water partition coefficient (Wildman–Crippen LogP) is 2.24. The van der Waals surface area contributed by atoms with Crippen molar-refractivity contribution in [1.29, 1.82) is 0 Å². The number of rotatable bonds is 4. The van der Waals surface area contributed by atoms with E-state index in [9.17, 15) is 4.79 Å². The summed E-state index contributed by atoms with van der Waals surface area (Å²) in [6.07, 6.45) is 0. The lowest BCUT2D eigenvalue weighted by Gasteiger charge is -2.16. The highest BCUT2D eigenvalue weighted by atomic mass is 79.9. The highest BCUT2D eigenvalue weighted by molar-refractivity contribution is 9.10. The Morgan fingerprint density at radius 2 is 2.31 bits per heavy atom. The van der Waals surface area contributed by atoms with Crippen LogP contribution in [0.1, 0.15) is 11.5 Å². The minimum Gasteiger partial charge on any atom is -0.495 e. The zero-order chi connectivity index (χ0) is 12.3. The lowest BCUT2D eigenvalue weighted by molar-refractivity contribution is -0.138. The molecule has 0 spiro atoms. The maximum atomic E-state index is 11.0. The number of carboxylic acid groups (broad SMARTS) is 1. The monoisotopic (exact) mass is 307 g/mol. The molecule has 0 bridgehead atoms. The molecule has 0 aliphatic rings. The number of carbonyl (C=O) groups is 1. The highest BCUT2D eigenvalue weighted by Gasteiger charge is 2.24. The average molecular weight is 309 g/mol. The Labute approximate surface area is 106 Å². The lowest BCUT2D eigenvalue weighted by Crippen LogP contribution is -2.21. The van der Waals surface area contributed by atoms with Crippen molar-refractivity contribution in [3.63, 3.8) is 0 Å². The molecule has 0 aliphatic carbocycles. The van der Waals surface area contributed by atoms with E-state index in [4.69, 9.17) is 27.2 Å². The fraction of sp³-hybridized carbons (Fsp3) is 0.300. The van der Waals surface area contributed by atoms with Crippen LogP contribution < -0.4 is 10.5 Å². The van der Waals surface area contributed by atoms with Crippen molar-refractivity contribution in [3.05, 3.63) is 27.2 Å². The van der Waals surface area contributed by atoms with Gasteiger partial charge in [0, 0.05) is 16.6 Å². The zero-order valence-electron chi connectivity index (χ0n) is 8.54. The molecule has 1 aromatic carbocycles. The van der Waals surface area contributed by atoms with Gasteiger partial charge < -0.3 is 15.6 Å². The molecular weight excluding hydrogens is 297 g/mol. The van der Waals surface area contributed by atoms with Gasteiger partial charge >= 0.3 is 5.97 Å². The number of carboxylic acids is 1. The second-order valence-electron chi connectivity index (χ2n) is 3.14. The third-order valence-electron chi connectivity index (χ3n) is 2.15.